The zero-order valence-electron chi connectivity index (χ0n) is 29.8. The summed E-state index contributed by atoms with van der Waals surface area (Å²) >= 11 is 0. The number of furan rings is 1. The maximum atomic E-state index is 6.82. The van der Waals surface area contributed by atoms with Crippen molar-refractivity contribution in [3.05, 3.63) is 219 Å². The molecule has 0 unspecified atom stereocenters. The maximum absolute atomic E-state index is 6.82. The predicted octanol–water partition coefficient (Wildman–Crippen LogP) is 15.0. The molecule has 9 aromatic rings. The normalized spacial score (nSPS) is 11.6. The minimum Gasteiger partial charge on any atom is -0.455 e. The number of hydrogen-bond acceptors (Lipinski definition) is 2. The summed E-state index contributed by atoms with van der Waals surface area (Å²) in [6.45, 7) is 8.01. The number of fused-ring (bicyclic) bond motifs is 5. The molecule has 0 aliphatic carbocycles. The molecule has 9 rings (SSSR count). The first kappa shape index (κ1) is 32.7. The molecule has 0 aliphatic rings. The van der Waals surface area contributed by atoms with Crippen molar-refractivity contribution in [1.29, 1.82) is 0 Å². The second kappa shape index (κ2) is 14.1. The van der Waals surface area contributed by atoms with Crippen molar-refractivity contribution in [1.82, 2.24) is 0 Å². The Morgan fingerprint density at radius 2 is 1.11 bits per heavy atom. The number of hydrogen-bond donors (Lipinski definition) is 0. The van der Waals surface area contributed by atoms with Gasteiger partial charge < -0.3 is 9.32 Å². The van der Waals surface area contributed by atoms with E-state index >= 15 is 0 Å². The molecular formula is C52H37NO. The van der Waals surface area contributed by atoms with E-state index in [0.717, 1.165) is 88.9 Å². The molecular weight excluding hydrogens is 655 g/mol. The van der Waals surface area contributed by atoms with E-state index in [0.29, 0.717) is 0 Å². The molecule has 0 spiro atoms. The van der Waals surface area contributed by atoms with E-state index < -0.39 is 0 Å². The Kier molecular flexibility index (Phi) is 8.55. The Labute approximate surface area is 315 Å². The molecule has 0 bridgehead atoms. The monoisotopic (exact) mass is 691 g/mol. The highest BCUT2D eigenvalue weighted by molar-refractivity contribution is 6.17. The van der Waals surface area contributed by atoms with Crippen molar-refractivity contribution < 1.29 is 4.42 Å². The Balaban J connectivity index is 1.17. The Morgan fingerprint density at radius 1 is 0.463 bits per heavy atom. The van der Waals surface area contributed by atoms with Crippen LogP contribution in [0.1, 0.15) is 5.56 Å². The minimum atomic E-state index is 0.889. The average Bonchev–Trinajstić information content (AvgIpc) is 3.64. The number of nitrogens with zero attached hydrogens (tertiary/aromatic N) is 1. The summed E-state index contributed by atoms with van der Waals surface area (Å²) in [7, 11) is 0. The minimum absolute atomic E-state index is 0.889. The summed E-state index contributed by atoms with van der Waals surface area (Å²) in [6.07, 6.45) is 5.72. The van der Waals surface area contributed by atoms with Crippen LogP contribution in [-0.4, -0.2) is 0 Å². The first-order valence-electron chi connectivity index (χ1n) is 18.2. The highest BCUT2D eigenvalue weighted by Crippen LogP contribution is 2.45. The molecule has 0 radical (unpaired) electrons. The lowest BCUT2D eigenvalue weighted by Gasteiger charge is -2.28. The molecule has 0 aliphatic heterocycles. The molecule has 0 saturated heterocycles. The molecule has 1 heterocycles. The lowest BCUT2D eigenvalue weighted by molar-refractivity contribution is 0.674. The van der Waals surface area contributed by atoms with Crippen LogP contribution in [0.15, 0.2) is 218 Å². The van der Waals surface area contributed by atoms with Crippen molar-refractivity contribution in [2.45, 2.75) is 0 Å². The van der Waals surface area contributed by atoms with E-state index in [2.05, 4.69) is 200 Å². The lowest BCUT2D eigenvalue weighted by atomic mass is 9.90. The maximum Gasteiger partial charge on any atom is 0.143 e. The molecule has 54 heavy (non-hydrogen) atoms. The summed E-state index contributed by atoms with van der Waals surface area (Å²) in [6, 6.07) is 64.5. The quantitative estimate of drug-likeness (QED) is 0.140. The van der Waals surface area contributed by atoms with Gasteiger partial charge in [-0.2, -0.15) is 0 Å². The van der Waals surface area contributed by atoms with Gasteiger partial charge in [-0.15, -0.1) is 0 Å². The lowest BCUT2D eigenvalue weighted by Crippen LogP contribution is -2.11. The van der Waals surface area contributed by atoms with Crippen molar-refractivity contribution in [3.63, 3.8) is 0 Å². The van der Waals surface area contributed by atoms with E-state index in [1.165, 1.54) is 5.39 Å². The van der Waals surface area contributed by atoms with Crippen molar-refractivity contribution in [3.8, 4) is 33.4 Å². The number of rotatable bonds is 9. The summed E-state index contributed by atoms with van der Waals surface area (Å²) in [5.74, 6) is 0. The van der Waals surface area contributed by atoms with Crippen LogP contribution < -0.4 is 4.90 Å². The number of para-hydroxylation sites is 3. The van der Waals surface area contributed by atoms with Crippen molar-refractivity contribution in [2.24, 2.45) is 0 Å². The molecule has 2 heteroatoms. The molecule has 1 aromatic heterocycles. The van der Waals surface area contributed by atoms with Gasteiger partial charge >= 0.3 is 0 Å². The SMILES string of the molecule is C=C/C=C(\C=C)c1ccc(-c2ccc(N(c3ccccc3)c3ccccc3-c3cccc4c3oc3c5ccccc5ccc43)cc2)cc1-c1ccccc1. The third-order valence-corrected chi connectivity index (χ3v) is 10.2. The third-order valence-electron chi connectivity index (χ3n) is 10.2. The van der Waals surface area contributed by atoms with E-state index in [-0.39, 0.29) is 0 Å². The van der Waals surface area contributed by atoms with Gasteiger partial charge in [-0.05, 0) is 81.2 Å². The van der Waals surface area contributed by atoms with Crippen LogP contribution in [0.5, 0.6) is 0 Å². The van der Waals surface area contributed by atoms with E-state index in [1.54, 1.807) is 0 Å². The van der Waals surface area contributed by atoms with Gasteiger partial charge in [-0.25, -0.2) is 0 Å². The predicted molar refractivity (Wildman–Crippen MR) is 231 cm³/mol. The molecule has 0 amide bonds. The van der Waals surface area contributed by atoms with Crippen LogP contribution in [-0.2, 0) is 0 Å². The van der Waals surface area contributed by atoms with Gasteiger partial charge in [0.05, 0.1) is 5.69 Å². The molecule has 0 saturated carbocycles. The van der Waals surface area contributed by atoms with E-state index in [1.807, 2.05) is 18.2 Å². The second-order valence-corrected chi connectivity index (χ2v) is 13.4. The van der Waals surface area contributed by atoms with Gasteiger partial charge in [0, 0.05) is 38.7 Å². The summed E-state index contributed by atoms with van der Waals surface area (Å²) < 4.78 is 6.82. The third kappa shape index (κ3) is 5.81. The molecule has 2 nitrogen and oxygen atoms in total. The first-order chi connectivity index (χ1) is 26.7. The number of allylic oxidation sites excluding steroid dienone is 4. The van der Waals surface area contributed by atoms with Crippen LogP contribution in [0.3, 0.4) is 0 Å². The van der Waals surface area contributed by atoms with Crippen molar-refractivity contribution >= 4 is 55.3 Å². The summed E-state index contributed by atoms with van der Waals surface area (Å²) in [5, 5.41) is 4.53. The van der Waals surface area contributed by atoms with Gasteiger partial charge in [0.25, 0.3) is 0 Å². The van der Waals surface area contributed by atoms with Gasteiger partial charge in [0.15, 0.2) is 0 Å². The first-order valence-corrected chi connectivity index (χ1v) is 18.2. The van der Waals surface area contributed by atoms with Crippen LogP contribution in [0.25, 0.3) is 71.7 Å². The van der Waals surface area contributed by atoms with Crippen LogP contribution >= 0.6 is 0 Å². The van der Waals surface area contributed by atoms with E-state index in [4.69, 9.17) is 4.42 Å². The summed E-state index contributed by atoms with van der Waals surface area (Å²) in [4.78, 5) is 2.34. The van der Waals surface area contributed by atoms with Crippen LogP contribution in [0.4, 0.5) is 17.1 Å². The largest absolute Gasteiger partial charge is 0.455 e. The standard InChI is InChI=1S/C52H37NO/c1-3-16-36(4-2)43-33-30-40(35-49(43)38-17-7-5-8-18-38)37-27-31-42(32-28-37)53(41-20-9-6-10-21-41)50-26-14-13-23-45(50)46-24-15-25-47-48-34-29-39-19-11-12-22-44(39)51(48)54-52(46)47/h3-35H,1-2H2/b36-16+. The molecule has 0 N–H and O–H groups in total. The van der Waals surface area contributed by atoms with Crippen LogP contribution in [0, 0.1) is 0 Å². The highest BCUT2D eigenvalue weighted by Gasteiger charge is 2.21. The fraction of sp³-hybridized carbons (Fsp3) is 0. The van der Waals surface area contributed by atoms with Crippen LogP contribution in [0.2, 0.25) is 0 Å². The Morgan fingerprint density at radius 3 is 1.91 bits per heavy atom. The second-order valence-electron chi connectivity index (χ2n) is 13.4. The highest BCUT2D eigenvalue weighted by atomic mass is 16.3. The average molecular weight is 692 g/mol. The van der Waals surface area contributed by atoms with E-state index in [9.17, 15) is 0 Å². The van der Waals surface area contributed by atoms with Gasteiger partial charge in [0.2, 0.25) is 0 Å². The number of benzene rings is 8. The molecule has 8 aromatic carbocycles. The van der Waals surface area contributed by atoms with Gasteiger partial charge in [0.1, 0.15) is 11.2 Å². The zero-order valence-corrected chi connectivity index (χ0v) is 29.8. The number of anilines is 3. The Hall–Kier alpha value is -7.16. The smallest absolute Gasteiger partial charge is 0.143 e. The molecule has 0 atom stereocenters. The van der Waals surface area contributed by atoms with Crippen molar-refractivity contribution in [2.75, 3.05) is 4.90 Å². The molecule has 0 fully saturated rings. The topological polar surface area (TPSA) is 16.4 Å². The van der Waals surface area contributed by atoms with Gasteiger partial charge in [-0.3, -0.25) is 0 Å². The fourth-order valence-electron chi connectivity index (χ4n) is 7.67. The van der Waals surface area contributed by atoms with Gasteiger partial charge in [-0.1, -0.05) is 171 Å². The molecule has 256 valence electrons. The summed E-state index contributed by atoms with van der Waals surface area (Å²) in [5.41, 5.74) is 13.9. The Bertz CT molecular complexity index is 2840. The zero-order chi connectivity index (χ0) is 36.4. The fourth-order valence-corrected chi connectivity index (χ4v) is 7.67.